The molecule has 1 aromatic heterocycles. The average Bonchev–Trinajstić information content (AvgIpc) is 2.57. The molecule has 5 nitrogen and oxygen atoms in total. The summed E-state index contributed by atoms with van der Waals surface area (Å²) in [5.74, 6) is -1.18. The van der Waals surface area contributed by atoms with Crippen molar-refractivity contribution < 1.29 is 19.4 Å². The van der Waals surface area contributed by atoms with E-state index in [1.165, 1.54) is 6.07 Å². The zero-order valence-electron chi connectivity index (χ0n) is 13.9. The molecule has 138 valence electrons. The van der Waals surface area contributed by atoms with Gasteiger partial charge in [0, 0.05) is 33.6 Å². The highest BCUT2D eigenvalue weighted by Crippen LogP contribution is 2.31. The lowest BCUT2D eigenvalue weighted by Gasteiger charge is -2.10. The van der Waals surface area contributed by atoms with Crippen LogP contribution in [0.25, 0.3) is 0 Å². The van der Waals surface area contributed by atoms with E-state index in [9.17, 15) is 14.7 Å². The summed E-state index contributed by atoms with van der Waals surface area (Å²) in [5, 5.41) is 11.1. The van der Waals surface area contributed by atoms with Gasteiger partial charge in [0.15, 0.2) is 5.78 Å². The number of aromatic nitrogens is 1. The Hall–Kier alpha value is -1.82. The minimum atomic E-state index is -0.476. The molecule has 1 aromatic carbocycles. The lowest BCUT2D eigenvalue weighted by Crippen LogP contribution is -2.10. The van der Waals surface area contributed by atoms with E-state index in [4.69, 9.17) is 39.5 Å². The zero-order valence-corrected chi connectivity index (χ0v) is 16.2. The lowest BCUT2D eigenvalue weighted by atomic mass is 10.1. The number of rotatable bonds is 7. The first-order chi connectivity index (χ1) is 12.3. The van der Waals surface area contributed by atoms with Crippen LogP contribution in [0, 0.1) is 0 Å². The highest BCUT2D eigenvalue weighted by molar-refractivity contribution is 6.39. The van der Waals surface area contributed by atoms with E-state index in [2.05, 4.69) is 4.98 Å². The Balaban J connectivity index is 2.19. The maximum absolute atomic E-state index is 12.3. The average molecular weight is 417 g/mol. The second-order valence-electron chi connectivity index (χ2n) is 5.42. The molecule has 2 rings (SSSR count). The fraction of sp³-hybridized carbons (Fsp3) is 0.278. The molecule has 0 bridgehead atoms. The topological polar surface area (TPSA) is 76.5 Å². The van der Waals surface area contributed by atoms with Crippen LogP contribution in [0.2, 0.25) is 15.1 Å². The number of esters is 1. The van der Waals surface area contributed by atoms with Gasteiger partial charge in [-0.2, -0.15) is 0 Å². The Morgan fingerprint density at radius 1 is 1.12 bits per heavy atom. The molecule has 0 saturated carbocycles. The van der Waals surface area contributed by atoms with Gasteiger partial charge in [0.2, 0.25) is 0 Å². The molecule has 0 fully saturated rings. The van der Waals surface area contributed by atoms with Crippen LogP contribution in [0.15, 0.2) is 24.3 Å². The van der Waals surface area contributed by atoms with E-state index in [-0.39, 0.29) is 37.3 Å². The monoisotopic (exact) mass is 415 g/mol. The third-order valence-electron chi connectivity index (χ3n) is 3.52. The predicted molar refractivity (Wildman–Crippen MR) is 100 cm³/mol. The fourth-order valence-electron chi connectivity index (χ4n) is 2.29. The SMILES string of the molecule is CCOC(=O)CCC(=O)c1nc(Cc2c(Cl)cc(Cl)cc2Cl)ccc1O. The van der Waals surface area contributed by atoms with Crippen molar-refractivity contribution in [3.63, 3.8) is 0 Å². The number of benzene rings is 1. The molecule has 0 spiro atoms. The van der Waals surface area contributed by atoms with Crippen molar-refractivity contribution in [1.29, 1.82) is 0 Å². The van der Waals surface area contributed by atoms with Gasteiger partial charge in [0.25, 0.3) is 0 Å². The van der Waals surface area contributed by atoms with Gasteiger partial charge in [0.1, 0.15) is 11.4 Å². The highest BCUT2D eigenvalue weighted by atomic mass is 35.5. The molecule has 0 amide bonds. The number of Topliss-reactive ketones (excluding diaryl/α,β-unsaturated/α-hetero) is 1. The molecule has 1 heterocycles. The van der Waals surface area contributed by atoms with E-state index < -0.39 is 11.8 Å². The van der Waals surface area contributed by atoms with Gasteiger partial charge >= 0.3 is 5.97 Å². The van der Waals surface area contributed by atoms with Gasteiger partial charge in [-0.25, -0.2) is 4.98 Å². The minimum Gasteiger partial charge on any atom is -0.506 e. The summed E-state index contributed by atoms with van der Waals surface area (Å²) in [5.41, 5.74) is 1.00. The number of pyridine rings is 1. The molecule has 0 atom stereocenters. The summed E-state index contributed by atoms with van der Waals surface area (Å²) in [4.78, 5) is 27.8. The third-order valence-corrected chi connectivity index (χ3v) is 4.41. The largest absolute Gasteiger partial charge is 0.506 e. The van der Waals surface area contributed by atoms with Gasteiger partial charge < -0.3 is 9.84 Å². The van der Waals surface area contributed by atoms with Crippen LogP contribution in [-0.2, 0) is 16.0 Å². The van der Waals surface area contributed by atoms with Crippen LogP contribution in [0.4, 0.5) is 0 Å². The minimum absolute atomic E-state index is 0.0765. The Morgan fingerprint density at radius 3 is 2.38 bits per heavy atom. The molecule has 0 saturated heterocycles. The highest BCUT2D eigenvalue weighted by Gasteiger charge is 2.17. The number of nitrogens with zero attached hydrogens (tertiary/aromatic N) is 1. The second-order valence-corrected chi connectivity index (χ2v) is 6.67. The quantitative estimate of drug-likeness (QED) is 0.515. The fourth-order valence-corrected chi connectivity index (χ4v) is 3.24. The van der Waals surface area contributed by atoms with Crippen LogP contribution in [-0.4, -0.2) is 28.4 Å². The smallest absolute Gasteiger partial charge is 0.306 e. The van der Waals surface area contributed by atoms with Gasteiger partial charge in [-0.3, -0.25) is 9.59 Å². The third kappa shape index (κ3) is 5.34. The van der Waals surface area contributed by atoms with Crippen LogP contribution >= 0.6 is 34.8 Å². The van der Waals surface area contributed by atoms with Crippen LogP contribution < -0.4 is 0 Å². The molecule has 0 aliphatic heterocycles. The number of aromatic hydroxyl groups is 1. The molecular weight excluding hydrogens is 401 g/mol. The van der Waals surface area contributed by atoms with Crippen molar-refractivity contribution in [1.82, 2.24) is 4.98 Å². The van der Waals surface area contributed by atoms with E-state index in [0.29, 0.717) is 26.3 Å². The first kappa shape index (κ1) is 20.5. The molecule has 2 aromatic rings. The summed E-state index contributed by atoms with van der Waals surface area (Å²) in [7, 11) is 0. The van der Waals surface area contributed by atoms with Crippen molar-refractivity contribution in [2.24, 2.45) is 0 Å². The predicted octanol–water partition coefficient (Wildman–Crippen LogP) is 4.86. The number of ketones is 1. The molecule has 26 heavy (non-hydrogen) atoms. The van der Waals surface area contributed by atoms with E-state index in [1.54, 1.807) is 25.1 Å². The summed E-state index contributed by atoms with van der Waals surface area (Å²) >= 11 is 18.2. The Bertz CT molecular complexity index is 816. The van der Waals surface area contributed by atoms with Crippen molar-refractivity contribution in [2.75, 3.05) is 6.61 Å². The number of hydrogen-bond acceptors (Lipinski definition) is 5. The number of hydrogen-bond donors (Lipinski definition) is 1. The number of ether oxygens (including phenoxy) is 1. The standard InChI is InChI=1S/C18H16Cl3NO4/c1-2-26-17(25)6-5-16(24)18-15(23)4-3-11(22-18)9-12-13(20)7-10(19)8-14(12)21/h3-4,7-8,23H,2,5-6,9H2,1H3. The van der Waals surface area contributed by atoms with E-state index >= 15 is 0 Å². The summed E-state index contributed by atoms with van der Waals surface area (Å²) in [6, 6.07) is 6.07. The Morgan fingerprint density at radius 2 is 1.77 bits per heavy atom. The molecule has 0 aliphatic rings. The summed E-state index contributed by atoms with van der Waals surface area (Å²) in [6.07, 6.45) is 0.0748. The normalized spacial score (nSPS) is 10.6. The van der Waals surface area contributed by atoms with Crippen molar-refractivity contribution in [2.45, 2.75) is 26.2 Å². The van der Waals surface area contributed by atoms with Gasteiger partial charge in [-0.05, 0) is 36.8 Å². The van der Waals surface area contributed by atoms with Crippen LogP contribution in [0.5, 0.6) is 5.75 Å². The van der Waals surface area contributed by atoms with Crippen molar-refractivity contribution >= 4 is 46.6 Å². The second kappa shape index (κ2) is 9.21. The van der Waals surface area contributed by atoms with Crippen molar-refractivity contribution in [3.8, 4) is 5.75 Å². The molecule has 1 N–H and O–H groups in total. The van der Waals surface area contributed by atoms with Crippen molar-refractivity contribution in [3.05, 3.63) is 56.3 Å². The first-order valence-electron chi connectivity index (χ1n) is 7.83. The maximum atomic E-state index is 12.3. The van der Waals surface area contributed by atoms with E-state index in [0.717, 1.165) is 0 Å². The van der Waals surface area contributed by atoms with Gasteiger partial charge in [-0.15, -0.1) is 0 Å². The van der Waals surface area contributed by atoms with Gasteiger partial charge in [-0.1, -0.05) is 34.8 Å². The molecule has 0 aliphatic carbocycles. The van der Waals surface area contributed by atoms with Gasteiger partial charge in [0.05, 0.1) is 13.0 Å². The summed E-state index contributed by atoms with van der Waals surface area (Å²) < 4.78 is 4.78. The molecular formula is C18H16Cl3NO4. The maximum Gasteiger partial charge on any atom is 0.306 e. The summed E-state index contributed by atoms with van der Waals surface area (Å²) in [6.45, 7) is 1.93. The Labute approximate surface area is 165 Å². The molecule has 0 radical (unpaired) electrons. The molecule has 8 heteroatoms. The molecule has 0 unspecified atom stereocenters. The first-order valence-corrected chi connectivity index (χ1v) is 8.96. The van der Waals surface area contributed by atoms with E-state index in [1.807, 2.05) is 0 Å². The number of halogens is 3. The van der Waals surface area contributed by atoms with Crippen LogP contribution in [0.1, 0.15) is 41.5 Å². The lowest BCUT2D eigenvalue weighted by molar-refractivity contribution is -0.143. The Kier molecular flexibility index (Phi) is 7.26. The zero-order chi connectivity index (χ0) is 19.3. The number of carbonyl (C=O) groups excluding carboxylic acids is 2. The van der Waals surface area contributed by atoms with Crippen LogP contribution in [0.3, 0.4) is 0 Å². The number of carbonyl (C=O) groups is 2.